The molecule has 2 heterocycles. The smallest absolute Gasteiger partial charge is 0.0765 e. The number of halogens is 1. The summed E-state index contributed by atoms with van der Waals surface area (Å²) >= 11 is 6.10. The van der Waals surface area contributed by atoms with Crippen molar-refractivity contribution in [3.8, 4) is 0 Å². The Hall–Kier alpha value is -2.25. The summed E-state index contributed by atoms with van der Waals surface area (Å²) in [5, 5.41) is 2.44. The van der Waals surface area contributed by atoms with Gasteiger partial charge in [0.15, 0.2) is 0 Å². The number of hydrogen-bond acceptors (Lipinski definition) is 6. The molecule has 0 radical (unpaired) electrons. The van der Waals surface area contributed by atoms with Crippen LogP contribution in [0.2, 0.25) is 5.02 Å². The Morgan fingerprint density at radius 3 is 2.46 bits per heavy atom. The zero-order chi connectivity index (χ0) is 19.5. The molecule has 7 heteroatoms. The Morgan fingerprint density at radius 1 is 1.00 bits per heavy atom. The van der Waals surface area contributed by atoms with E-state index in [2.05, 4.69) is 28.0 Å². The molecule has 2 aromatic rings. The third-order valence-corrected chi connectivity index (χ3v) is 5.56. The molecule has 2 aliphatic heterocycles. The third-order valence-electron chi connectivity index (χ3n) is 5.31. The fourth-order valence-corrected chi connectivity index (χ4v) is 3.94. The standard InChI is InChI=1S/C21H26ClN5O/c22-17-2-4-18(5-3-17)26-7-8-27(24)21(14-23)19-6-1-16(13-20(19)26)15-25-9-11-28-12-10-25/h1-6,13-14H,7-12,15,23-24H2/b21-14-. The van der Waals surface area contributed by atoms with Crippen molar-refractivity contribution in [2.24, 2.45) is 11.6 Å². The van der Waals surface area contributed by atoms with Gasteiger partial charge in [0.2, 0.25) is 0 Å². The Labute approximate surface area is 170 Å². The number of anilines is 2. The maximum Gasteiger partial charge on any atom is 0.0765 e. The van der Waals surface area contributed by atoms with Crippen LogP contribution < -0.4 is 16.5 Å². The SMILES string of the molecule is N/C=C1/c2ccc(CN3CCOCC3)cc2N(c2ccc(Cl)cc2)CCN1N. The van der Waals surface area contributed by atoms with E-state index in [1.807, 2.05) is 24.3 Å². The number of benzene rings is 2. The minimum atomic E-state index is 0.666. The first-order chi connectivity index (χ1) is 13.7. The molecule has 0 aliphatic carbocycles. The monoisotopic (exact) mass is 399 g/mol. The van der Waals surface area contributed by atoms with Gasteiger partial charge in [0.05, 0.1) is 31.1 Å². The van der Waals surface area contributed by atoms with Crippen molar-refractivity contribution in [2.75, 3.05) is 44.3 Å². The van der Waals surface area contributed by atoms with Crippen LogP contribution in [0.5, 0.6) is 0 Å². The molecule has 2 aromatic carbocycles. The highest BCUT2D eigenvalue weighted by Gasteiger charge is 2.24. The second-order valence-corrected chi connectivity index (χ2v) is 7.55. The molecule has 148 valence electrons. The summed E-state index contributed by atoms with van der Waals surface area (Å²) in [6.07, 6.45) is 1.59. The Bertz CT molecular complexity index is 848. The van der Waals surface area contributed by atoms with Gasteiger partial charge >= 0.3 is 0 Å². The number of fused-ring (bicyclic) bond motifs is 1. The second kappa shape index (κ2) is 8.41. The summed E-state index contributed by atoms with van der Waals surface area (Å²) in [7, 11) is 0. The van der Waals surface area contributed by atoms with Crippen molar-refractivity contribution in [1.29, 1.82) is 0 Å². The molecule has 0 amide bonds. The van der Waals surface area contributed by atoms with Crippen LogP contribution >= 0.6 is 11.6 Å². The van der Waals surface area contributed by atoms with E-state index < -0.39 is 0 Å². The van der Waals surface area contributed by atoms with Crippen LogP contribution in [0.15, 0.2) is 48.7 Å². The number of ether oxygens (including phenoxy) is 1. The predicted molar refractivity (Wildman–Crippen MR) is 114 cm³/mol. The number of morpholine rings is 1. The number of rotatable bonds is 3. The van der Waals surface area contributed by atoms with E-state index in [1.54, 1.807) is 11.2 Å². The highest BCUT2D eigenvalue weighted by atomic mass is 35.5. The molecule has 0 spiro atoms. The van der Waals surface area contributed by atoms with Crippen LogP contribution in [-0.4, -0.2) is 49.3 Å². The quantitative estimate of drug-likeness (QED) is 0.773. The molecule has 28 heavy (non-hydrogen) atoms. The third kappa shape index (κ3) is 3.95. The van der Waals surface area contributed by atoms with E-state index in [0.29, 0.717) is 6.54 Å². The first-order valence-electron chi connectivity index (χ1n) is 9.56. The van der Waals surface area contributed by atoms with Crippen molar-refractivity contribution in [2.45, 2.75) is 6.54 Å². The summed E-state index contributed by atoms with van der Waals surface area (Å²) in [6.45, 7) is 5.83. The van der Waals surface area contributed by atoms with Crippen molar-refractivity contribution in [1.82, 2.24) is 9.91 Å². The minimum Gasteiger partial charge on any atom is -0.403 e. The van der Waals surface area contributed by atoms with Gasteiger partial charge in [-0.2, -0.15) is 0 Å². The highest BCUT2D eigenvalue weighted by molar-refractivity contribution is 6.30. The number of nitrogens with two attached hydrogens (primary N) is 2. The van der Waals surface area contributed by atoms with E-state index in [9.17, 15) is 0 Å². The minimum absolute atomic E-state index is 0.666. The van der Waals surface area contributed by atoms with E-state index >= 15 is 0 Å². The summed E-state index contributed by atoms with van der Waals surface area (Å²) in [4.78, 5) is 4.70. The fraction of sp³-hybridized carbons (Fsp3) is 0.333. The summed E-state index contributed by atoms with van der Waals surface area (Å²) in [5.74, 6) is 6.27. The Kier molecular flexibility index (Phi) is 5.73. The maximum atomic E-state index is 6.27. The molecular weight excluding hydrogens is 374 g/mol. The average molecular weight is 400 g/mol. The molecule has 4 N–H and O–H groups in total. The van der Waals surface area contributed by atoms with Gasteiger partial charge in [-0.15, -0.1) is 0 Å². The lowest BCUT2D eigenvalue weighted by molar-refractivity contribution is 0.0342. The molecule has 1 saturated heterocycles. The van der Waals surface area contributed by atoms with Crippen LogP contribution in [0.25, 0.3) is 5.70 Å². The molecule has 1 fully saturated rings. The fourth-order valence-electron chi connectivity index (χ4n) is 3.81. The first-order valence-corrected chi connectivity index (χ1v) is 9.94. The molecule has 0 unspecified atom stereocenters. The summed E-state index contributed by atoms with van der Waals surface area (Å²) in [6, 6.07) is 14.5. The summed E-state index contributed by atoms with van der Waals surface area (Å²) < 4.78 is 5.47. The molecule has 0 saturated carbocycles. The summed E-state index contributed by atoms with van der Waals surface area (Å²) in [5.41, 5.74) is 11.3. The Balaban J connectivity index is 1.73. The van der Waals surface area contributed by atoms with Gasteiger partial charge in [-0.25, -0.2) is 5.84 Å². The average Bonchev–Trinajstić information content (AvgIpc) is 2.85. The maximum absolute atomic E-state index is 6.27. The first kappa shape index (κ1) is 19.1. The normalized spacial score (nSPS) is 19.6. The highest BCUT2D eigenvalue weighted by Crippen LogP contribution is 2.36. The molecule has 2 aliphatic rings. The molecule has 6 nitrogen and oxygen atoms in total. The lowest BCUT2D eigenvalue weighted by Gasteiger charge is -2.28. The van der Waals surface area contributed by atoms with Gasteiger partial charge in [-0.05, 0) is 35.9 Å². The van der Waals surface area contributed by atoms with E-state index in [-0.39, 0.29) is 0 Å². The van der Waals surface area contributed by atoms with Crippen molar-refractivity contribution >= 4 is 28.7 Å². The van der Waals surface area contributed by atoms with Crippen LogP contribution in [0.1, 0.15) is 11.1 Å². The largest absolute Gasteiger partial charge is 0.403 e. The lowest BCUT2D eigenvalue weighted by Crippen LogP contribution is -2.35. The lowest BCUT2D eigenvalue weighted by atomic mass is 10.0. The van der Waals surface area contributed by atoms with Gasteiger partial charge in [-0.1, -0.05) is 23.7 Å². The molecule has 0 bridgehead atoms. The molecule has 0 atom stereocenters. The van der Waals surface area contributed by atoms with Gasteiger partial charge in [0, 0.05) is 48.7 Å². The van der Waals surface area contributed by atoms with Gasteiger partial charge in [0.25, 0.3) is 0 Å². The topological polar surface area (TPSA) is 71.0 Å². The zero-order valence-corrected chi connectivity index (χ0v) is 16.6. The molecule has 4 rings (SSSR count). The van der Waals surface area contributed by atoms with Crippen molar-refractivity contribution in [3.05, 3.63) is 64.8 Å². The van der Waals surface area contributed by atoms with Crippen molar-refractivity contribution < 1.29 is 4.74 Å². The van der Waals surface area contributed by atoms with E-state index in [4.69, 9.17) is 27.9 Å². The zero-order valence-electron chi connectivity index (χ0n) is 15.9. The van der Waals surface area contributed by atoms with Crippen LogP contribution in [0.3, 0.4) is 0 Å². The number of nitrogens with zero attached hydrogens (tertiary/aromatic N) is 3. The van der Waals surface area contributed by atoms with E-state index in [1.165, 1.54) is 5.56 Å². The van der Waals surface area contributed by atoms with Gasteiger partial charge < -0.3 is 20.4 Å². The van der Waals surface area contributed by atoms with Crippen LogP contribution in [0, 0.1) is 0 Å². The second-order valence-electron chi connectivity index (χ2n) is 7.11. The number of hydrogen-bond donors (Lipinski definition) is 2. The number of hydrazine groups is 1. The van der Waals surface area contributed by atoms with Gasteiger partial charge in [0.1, 0.15) is 0 Å². The Morgan fingerprint density at radius 2 is 1.75 bits per heavy atom. The molecular formula is C21H26ClN5O. The van der Waals surface area contributed by atoms with Crippen molar-refractivity contribution in [3.63, 3.8) is 0 Å². The van der Waals surface area contributed by atoms with Crippen LogP contribution in [0.4, 0.5) is 11.4 Å². The van der Waals surface area contributed by atoms with E-state index in [0.717, 1.165) is 67.1 Å². The van der Waals surface area contributed by atoms with Crippen LogP contribution in [-0.2, 0) is 11.3 Å². The molecule has 0 aromatic heterocycles. The van der Waals surface area contributed by atoms with Gasteiger partial charge in [-0.3, -0.25) is 4.90 Å². The predicted octanol–water partition coefficient (Wildman–Crippen LogP) is 2.76.